The Kier molecular flexibility index (Phi) is 11.4. The molecule has 0 fully saturated rings. The van der Waals surface area contributed by atoms with E-state index in [0.29, 0.717) is 5.92 Å². The Morgan fingerprint density at radius 2 is 1.63 bits per heavy atom. The summed E-state index contributed by atoms with van der Waals surface area (Å²) in [5.74, 6) is 0.864. The van der Waals surface area contributed by atoms with Crippen LogP contribution in [0.2, 0.25) is 0 Å². The summed E-state index contributed by atoms with van der Waals surface area (Å²) in [5, 5.41) is 12.0. The van der Waals surface area contributed by atoms with Crippen molar-refractivity contribution in [2.45, 2.75) is 60.4 Å². The van der Waals surface area contributed by atoms with Gasteiger partial charge in [0.1, 0.15) is 5.75 Å². The molecule has 2 aromatic rings. The predicted octanol–water partition coefficient (Wildman–Crippen LogP) is 7.49. The number of allylic oxidation sites excluding steroid dienone is 2. The summed E-state index contributed by atoms with van der Waals surface area (Å²) in [4.78, 5) is 2.41. The van der Waals surface area contributed by atoms with Gasteiger partial charge in [-0.05, 0) is 62.9 Å². The number of unbranched alkanes of at least 4 members (excludes halogenated alkanes) is 1. The third-order valence-electron chi connectivity index (χ3n) is 5.07. The number of aromatic hydroxyl groups is 1. The molecule has 0 aliphatic heterocycles. The zero-order valence-corrected chi connectivity index (χ0v) is 19.5. The highest BCUT2D eigenvalue weighted by atomic mass is 16.3. The van der Waals surface area contributed by atoms with Gasteiger partial charge < -0.3 is 15.3 Å². The zero-order valence-electron chi connectivity index (χ0n) is 19.5. The lowest BCUT2D eigenvalue weighted by atomic mass is 10.00. The van der Waals surface area contributed by atoms with Crippen LogP contribution in [0.4, 0.5) is 5.69 Å². The van der Waals surface area contributed by atoms with E-state index in [0.717, 1.165) is 24.5 Å². The second-order valence-electron chi connectivity index (χ2n) is 7.99. The van der Waals surface area contributed by atoms with E-state index in [9.17, 15) is 0 Å². The Labute approximate surface area is 184 Å². The van der Waals surface area contributed by atoms with Gasteiger partial charge in [-0.1, -0.05) is 69.7 Å². The topological polar surface area (TPSA) is 35.5 Å². The molecule has 0 spiro atoms. The van der Waals surface area contributed by atoms with E-state index in [1.807, 2.05) is 6.92 Å². The van der Waals surface area contributed by atoms with E-state index in [-0.39, 0.29) is 5.75 Å². The summed E-state index contributed by atoms with van der Waals surface area (Å²) in [6, 6.07) is 15.7. The number of anilines is 1. The van der Waals surface area contributed by atoms with Crippen LogP contribution >= 0.6 is 0 Å². The SMILES string of the molecule is C=C(C(C)CCCC)N(CC)Cc1ccc(C)cc1.C=C(C)Nc1ccc(O)cc1. The number of benzene rings is 2. The molecule has 0 bridgehead atoms. The fourth-order valence-electron chi connectivity index (χ4n) is 3.11. The van der Waals surface area contributed by atoms with E-state index in [1.54, 1.807) is 24.3 Å². The average molecular weight is 409 g/mol. The highest BCUT2D eigenvalue weighted by Gasteiger charge is 2.13. The fourth-order valence-corrected chi connectivity index (χ4v) is 3.11. The first-order valence-electron chi connectivity index (χ1n) is 11.0. The molecule has 0 heterocycles. The quantitative estimate of drug-likeness (QED) is 0.400. The van der Waals surface area contributed by atoms with Crippen LogP contribution < -0.4 is 5.32 Å². The largest absolute Gasteiger partial charge is 0.508 e. The number of phenolic OH excluding ortho intramolecular Hbond substituents is 1. The number of hydrogen-bond acceptors (Lipinski definition) is 3. The number of phenols is 1. The molecule has 0 radical (unpaired) electrons. The Bertz CT molecular complexity index is 762. The second-order valence-corrected chi connectivity index (χ2v) is 7.99. The van der Waals surface area contributed by atoms with Gasteiger partial charge in [-0.25, -0.2) is 0 Å². The predicted molar refractivity (Wildman–Crippen MR) is 132 cm³/mol. The lowest BCUT2D eigenvalue weighted by Gasteiger charge is -2.29. The molecule has 0 saturated carbocycles. The molecular formula is C27H40N2O. The average Bonchev–Trinajstić information content (AvgIpc) is 2.73. The van der Waals surface area contributed by atoms with Gasteiger partial charge in [0.25, 0.3) is 0 Å². The van der Waals surface area contributed by atoms with Gasteiger partial charge in [0.2, 0.25) is 0 Å². The van der Waals surface area contributed by atoms with Crippen LogP contribution in [-0.4, -0.2) is 16.6 Å². The van der Waals surface area contributed by atoms with Crippen molar-refractivity contribution in [3.8, 4) is 5.75 Å². The molecule has 0 aliphatic carbocycles. The van der Waals surface area contributed by atoms with Crippen LogP contribution in [0.1, 0.15) is 58.1 Å². The molecule has 0 aliphatic rings. The van der Waals surface area contributed by atoms with Gasteiger partial charge in [0, 0.05) is 30.2 Å². The van der Waals surface area contributed by atoms with E-state index in [2.05, 4.69) is 75.3 Å². The van der Waals surface area contributed by atoms with Crippen LogP contribution in [0.15, 0.2) is 73.1 Å². The highest BCUT2D eigenvalue weighted by Crippen LogP contribution is 2.21. The number of rotatable bonds is 10. The van der Waals surface area contributed by atoms with E-state index in [4.69, 9.17) is 5.11 Å². The molecule has 30 heavy (non-hydrogen) atoms. The van der Waals surface area contributed by atoms with E-state index < -0.39 is 0 Å². The molecular weight excluding hydrogens is 368 g/mol. The highest BCUT2D eigenvalue weighted by molar-refractivity contribution is 5.49. The van der Waals surface area contributed by atoms with Crippen molar-refractivity contribution in [2.75, 3.05) is 11.9 Å². The number of nitrogens with zero attached hydrogens (tertiary/aromatic N) is 1. The monoisotopic (exact) mass is 408 g/mol. The van der Waals surface area contributed by atoms with Crippen LogP contribution in [0.25, 0.3) is 0 Å². The Balaban J connectivity index is 0.000000346. The lowest BCUT2D eigenvalue weighted by molar-refractivity contribution is 0.308. The number of aryl methyl sites for hydroxylation is 1. The molecule has 0 aromatic heterocycles. The molecule has 164 valence electrons. The van der Waals surface area contributed by atoms with Gasteiger partial charge in [0.05, 0.1) is 0 Å². The van der Waals surface area contributed by atoms with Crippen molar-refractivity contribution in [1.82, 2.24) is 4.90 Å². The number of nitrogens with one attached hydrogen (secondary N) is 1. The molecule has 3 heteroatoms. The van der Waals surface area contributed by atoms with Gasteiger partial charge in [-0.15, -0.1) is 0 Å². The van der Waals surface area contributed by atoms with Gasteiger partial charge in [-0.3, -0.25) is 0 Å². The molecule has 0 saturated heterocycles. The Hall–Kier alpha value is -2.68. The summed E-state index contributed by atoms with van der Waals surface area (Å²) in [6.45, 7) is 20.8. The first-order chi connectivity index (χ1) is 14.3. The molecule has 0 amide bonds. The van der Waals surface area contributed by atoms with Crippen molar-refractivity contribution < 1.29 is 5.11 Å². The summed E-state index contributed by atoms with van der Waals surface area (Å²) in [6.07, 6.45) is 3.81. The maximum Gasteiger partial charge on any atom is 0.115 e. The molecule has 1 unspecified atom stereocenters. The fraction of sp³-hybridized carbons (Fsp3) is 0.407. The van der Waals surface area contributed by atoms with Gasteiger partial charge in [0.15, 0.2) is 0 Å². The molecule has 2 aromatic carbocycles. The summed E-state index contributed by atoms with van der Waals surface area (Å²) in [7, 11) is 0. The van der Waals surface area contributed by atoms with Crippen LogP contribution in [0.3, 0.4) is 0 Å². The maximum atomic E-state index is 8.94. The maximum absolute atomic E-state index is 8.94. The van der Waals surface area contributed by atoms with Crippen molar-refractivity contribution in [2.24, 2.45) is 5.92 Å². The minimum absolute atomic E-state index is 0.275. The minimum atomic E-state index is 0.275. The van der Waals surface area contributed by atoms with Crippen LogP contribution in [-0.2, 0) is 6.54 Å². The van der Waals surface area contributed by atoms with Crippen LogP contribution in [0.5, 0.6) is 5.75 Å². The summed E-state index contributed by atoms with van der Waals surface area (Å²) >= 11 is 0. The van der Waals surface area contributed by atoms with Crippen molar-refractivity contribution in [3.05, 3.63) is 84.2 Å². The standard InChI is InChI=1S/C18H29N.C9H11NO/c1-6-8-9-16(4)17(5)19(7-2)14-18-12-10-15(3)11-13-18;1-7(2)10-8-3-5-9(11)6-4-8/h10-13,16H,5-9,14H2,1-4H3;3-6,10-11H,1H2,2H3. The van der Waals surface area contributed by atoms with Crippen molar-refractivity contribution in [3.63, 3.8) is 0 Å². The first-order valence-corrected chi connectivity index (χ1v) is 11.0. The molecule has 2 rings (SSSR count). The second kappa shape index (κ2) is 13.5. The third kappa shape index (κ3) is 9.69. The van der Waals surface area contributed by atoms with E-state index >= 15 is 0 Å². The smallest absolute Gasteiger partial charge is 0.115 e. The van der Waals surface area contributed by atoms with Gasteiger partial charge >= 0.3 is 0 Å². The molecule has 2 N–H and O–H groups in total. The lowest BCUT2D eigenvalue weighted by Crippen LogP contribution is -2.25. The Morgan fingerprint density at radius 3 is 2.13 bits per heavy atom. The molecule has 1 atom stereocenters. The Morgan fingerprint density at radius 1 is 1.03 bits per heavy atom. The van der Waals surface area contributed by atoms with Gasteiger partial charge in [-0.2, -0.15) is 0 Å². The minimum Gasteiger partial charge on any atom is -0.508 e. The summed E-state index contributed by atoms with van der Waals surface area (Å²) < 4.78 is 0. The van der Waals surface area contributed by atoms with Crippen molar-refractivity contribution in [1.29, 1.82) is 0 Å². The zero-order chi connectivity index (χ0) is 22.5. The summed E-state index contributed by atoms with van der Waals surface area (Å²) in [5.41, 5.74) is 5.81. The van der Waals surface area contributed by atoms with Crippen LogP contribution in [0, 0.1) is 12.8 Å². The normalized spacial score (nSPS) is 11.1. The van der Waals surface area contributed by atoms with Crippen molar-refractivity contribution >= 4 is 5.69 Å². The first kappa shape index (κ1) is 25.4. The number of hydrogen-bond donors (Lipinski definition) is 2. The third-order valence-corrected chi connectivity index (χ3v) is 5.07. The molecule has 3 nitrogen and oxygen atoms in total. The van der Waals surface area contributed by atoms with E-state index in [1.165, 1.54) is 36.1 Å².